The quantitative estimate of drug-likeness (QED) is 0.488. The predicted octanol–water partition coefficient (Wildman–Crippen LogP) is -1.09. The van der Waals surface area contributed by atoms with E-state index in [1.54, 1.807) is 0 Å². The van der Waals surface area contributed by atoms with E-state index >= 15 is 0 Å². The van der Waals surface area contributed by atoms with Gasteiger partial charge in [-0.3, -0.25) is 0 Å². The van der Waals surface area contributed by atoms with E-state index in [0.29, 0.717) is 0 Å². The summed E-state index contributed by atoms with van der Waals surface area (Å²) in [7, 11) is -5.48. The van der Waals surface area contributed by atoms with Crippen molar-refractivity contribution in [3.8, 4) is 0 Å². The van der Waals surface area contributed by atoms with Crippen LogP contribution in [0.15, 0.2) is 23.1 Å². The summed E-state index contributed by atoms with van der Waals surface area (Å²) in [5, 5.41) is 17.4. The molecule has 0 unspecified atom stereocenters. The monoisotopic (exact) mass is 218 g/mol. The van der Waals surface area contributed by atoms with Crippen molar-refractivity contribution >= 4 is 22.4 Å². The molecule has 0 fully saturated rings. The molecule has 0 spiro atoms. The average molecular weight is 218 g/mol. The first kappa shape index (κ1) is 11.2. The van der Waals surface area contributed by atoms with Crippen LogP contribution in [0, 0.1) is 5.82 Å². The molecule has 1 rings (SSSR count). The highest BCUT2D eigenvalue weighted by molar-refractivity contribution is 7.90. The number of hydrogen-bond acceptors (Lipinski definition) is 4. The van der Waals surface area contributed by atoms with Gasteiger partial charge in [0.25, 0.3) is 0 Å². The number of benzene rings is 1. The summed E-state index contributed by atoms with van der Waals surface area (Å²) in [5.41, 5.74) is -0.451. The average Bonchev–Trinajstić information content (AvgIpc) is 2.02. The van der Waals surface area contributed by atoms with Gasteiger partial charge in [-0.15, -0.1) is 0 Å². The first-order valence-electron chi connectivity index (χ1n) is 3.68. The van der Waals surface area contributed by atoms with Crippen LogP contribution in [-0.4, -0.2) is 31.8 Å². The van der Waals surface area contributed by atoms with Crippen molar-refractivity contribution in [2.75, 3.05) is 6.26 Å². The third-order valence-corrected chi connectivity index (χ3v) is 2.78. The lowest BCUT2D eigenvalue weighted by Gasteiger charge is -2.03. The van der Waals surface area contributed by atoms with E-state index in [9.17, 15) is 12.8 Å². The maximum atomic E-state index is 12.9. The van der Waals surface area contributed by atoms with E-state index in [4.69, 9.17) is 10.0 Å². The highest BCUT2D eigenvalue weighted by Gasteiger charge is 2.19. The van der Waals surface area contributed by atoms with Crippen LogP contribution in [0.4, 0.5) is 4.39 Å². The van der Waals surface area contributed by atoms with Gasteiger partial charge in [-0.05, 0) is 18.2 Å². The molecule has 1 aromatic rings. The van der Waals surface area contributed by atoms with Crippen molar-refractivity contribution in [1.82, 2.24) is 0 Å². The summed E-state index contributed by atoms with van der Waals surface area (Å²) in [5.74, 6) is -0.854. The molecule has 0 aliphatic carbocycles. The Kier molecular flexibility index (Phi) is 2.93. The maximum absolute atomic E-state index is 12.9. The predicted molar refractivity (Wildman–Crippen MR) is 49.3 cm³/mol. The van der Waals surface area contributed by atoms with Crippen LogP contribution < -0.4 is 5.46 Å². The van der Waals surface area contributed by atoms with Crippen LogP contribution >= 0.6 is 0 Å². The molecule has 76 valence electrons. The van der Waals surface area contributed by atoms with Gasteiger partial charge in [0.2, 0.25) is 0 Å². The van der Waals surface area contributed by atoms with Gasteiger partial charge in [0.15, 0.2) is 9.84 Å². The molecule has 4 nitrogen and oxygen atoms in total. The van der Waals surface area contributed by atoms with Crippen LogP contribution in [0.5, 0.6) is 0 Å². The van der Waals surface area contributed by atoms with E-state index in [0.717, 1.165) is 24.5 Å². The zero-order valence-electron chi connectivity index (χ0n) is 7.31. The molecule has 0 atom stereocenters. The Morgan fingerprint density at radius 3 is 2.36 bits per heavy atom. The number of sulfone groups is 1. The zero-order valence-corrected chi connectivity index (χ0v) is 8.12. The summed E-state index contributed by atoms with van der Waals surface area (Å²) in [6, 6.07) is 2.84. The molecule has 0 heterocycles. The van der Waals surface area contributed by atoms with Crippen LogP contribution in [0.25, 0.3) is 0 Å². The lowest BCUT2D eigenvalue weighted by molar-refractivity contribution is 0.423. The molecule has 14 heavy (non-hydrogen) atoms. The SMILES string of the molecule is CS(=O)(=O)c1ccc(F)c(B(O)O)c1. The third-order valence-electron chi connectivity index (χ3n) is 1.67. The molecule has 0 radical (unpaired) electrons. The fourth-order valence-electron chi connectivity index (χ4n) is 0.950. The van der Waals surface area contributed by atoms with Crippen LogP contribution in [0.2, 0.25) is 0 Å². The second-order valence-electron chi connectivity index (χ2n) is 2.83. The van der Waals surface area contributed by atoms with Gasteiger partial charge in [0, 0.05) is 11.7 Å². The third kappa shape index (κ3) is 2.31. The molecule has 0 bridgehead atoms. The van der Waals surface area contributed by atoms with Gasteiger partial charge < -0.3 is 10.0 Å². The lowest BCUT2D eigenvalue weighted by Crippen LogP contribution is -2.33. The van der Waals surface area contributed by atoms with Crippen molar-refractivity contribution < 1.29 is 22.9 Å². The molecular weight excluding hydrogens is 210 g/mol. The first-order valence-corrected chi connectivity index (χ1v) is 5.57. The van der Waals surface area contributed by atoms with Gasteiger partial charge in [-0.25, -0.2) is 12.8 Å². The molecular formula is C7H8BFO4S. The standard InChI is InChI=1S/C7H8BFO4S/c1-14(12,13)5-2-3-7(9)6(4-5)8(10)11/h2-4,10-11H,1H3. The van der Waals surface area contributed by atoms with E-state index in [2.05, 4.69) is 0 Å². The van der Waals surface area contributed by atoms with Crippen molar-refractivity contribution in [2.24, 2.45) is 0 Å². The molecule has 0 aliphatic rings. The number of rotatable bonds is 2. The van der Waals surface area contributed by atoms with Gasteiger partial charge in [-0.2, -0.15) is 0 Å². The van der Waals surface area contributed by atoms with Crippen LogP contribution in [-0.2, 0) is 9.84 Å². The topological polar surface area (TPSA) is 74.6 Å². The highest BCUT2D eigenvalue weighted by atomic mass is 32.2. The van der Waals surface area contributed by atoms with Crippen LogP contribution in [0.3, 0.4) is 0 Å². The minimum Gasteiger partial charge on any atom is -0.423 e. The summed E-state index contributed by atoms with van der Waals surface area (Å²) in [6.45, 7) is 0. The fourth-order valence-corrected chi connectivity index (χ4v) is 1.61. The smallest absolute Gasteiger partial charge is 0.423 e. The summed E-state index contributed by atoms with van der Waals surface area (Å²) >= 11 is 0. The molecule has 7 heteroatoms. The zero-order chi connectivity index (χ0) is 10.9. The Morgan fingerprint density at radius 2 is 1.93 bits per heavy atom. The Morgan fingerprint density at radius 1 is 1.36 bits per heavy atom. The van der Waals surface area contributed by atoms with Crippen molar-refractivity contribution in [1.29, 1.82) is 0 Å². The molecule has 0 aromatic heterocycles. The Hall–Kier alpha value is -0.915. The van der Waals surface area contributed by atoms with Crippen molar-refractivity contribution in [3.05, 3.63) is 24.0 Å². The van der Waals surface area contributed by atoms with E-state index < -0.39 is 28.2 Å². The summed E-state index contributed by atoms with van der Waals surface area (Å²) in [4.78, 5) is -0.151. The van der Waals surface area contributed by atoms with Crippen LogP contribution in [0.1, 0.15) is 0 Å². The normalized spacial score (nSPS) is 11.4. The Labute approximate surface area is 81.1 Å². The van der Waals surface area contributed by atoms with Crippen molar-refractivity contribution in [2.45, 2.75) is 4.90 Å². The Balaban J connectivity index is 3.34. The largest absolute Gasteiger partial charge is 0.491 e. The molecule has 0 aliphatic heterocycles. The second-order valence-corrected chi connectivity index (χ2v) is 4.84. The number of hydrogen-bond donors (Lipinski definition) is 2. The fraction of sp³-hybridized carbons (Fsp3) is 0.143. The lowest BCUT2D eigenvalue weighted by atomic mass is 9.80. The molecule has 1 aromatic carbocycles. The van der Waals surface area contributed by atoms with E-state index in [1.165, 1.54) is 0 Å². The van der Waals surface area contributed by atoms with Gasteiger partial charge in [-0.1, -0.05) is 0 Å². The highest BCUT2D eigenvalue weighted by Crippen LogP contribution is 2.08. The number of halogens is 1. The minimum absolute atomic E-state index is 0.151. The molecule has 0 saturated carbocycles. The minimum atomic E-state index is -3.46. The van der Waals surface area contributed by atoms with Crippen molar-refractivity contribution in [3.63, 3.8) is 0 Å². The summed E-state index contributed by atoms with van der Waals surface area (Å²) < 4.78 is 35.0. The Bertz CT molecular complexity index is 443. The van der Waals surface area contributed by atoms with Gasteiger partial charge in [0.1, 0.15) is 5.82 Å². The van der Waals surface area contributed by atoms with E-state index in [-0.39, 0.29) is 4.90 Å². The second kappa shape index (κ2) is 3.68. The molecule has 0 saturated heterocycles. The molecule has 0 amide bonds. The van der Waals surface area contributed by atoms with Gasteiger partial charge >= 0.3 is 7.12 Å². The first-order chi connectivity index (χ1) is 6.32. The van der Waals surface area contributed by atoms with E-state index in [1.807, 2.05) is 0 Å². The molecule has 2 N–H and O–H groups in total. The summed E-state index contributed by atoms with van der Waals surface area (Å²) in [6.07, 6.45) is 0.952. The maximum Gasteiger partial charge on any atom is 0.491 e. The van der Waals surface area contributed by atoms with Gasteiger partial charge in [0.05, 0.1) is 4.90 Å².